The fourth-order valence-electron chi connectivity index (χ4n) is 5.99. The molecule has 10 nitrogen and oxygen atoms in total. The number of carbonyl (C=O) groups excluding carboxylic acids is 2. The van der Waals surface area contributed by atoms with Crippen LogP contribution in [0.3, 0.4) is 0 Å². The first-order valence-corrected chi connectivity index (χ1v) is 13.8. The summed E-state index contributed by atoms with van der Waals surface area (Å²) in [7, 11) is 1.38. The molecule has 0 spiro atoms. The first-order chi connectivity index (χ1) is 18.9. The van der Waals surface area contributed by atoms with E-state index in [4.69, 9.17) is 9.72 Å². The van der Waals surface area contributed by atoms with E-state index in [1.165, 1.54) is 13.2 Å². The summed E-state index contributed by atoms with van der Waals surface area (Å²) in [6, 6.07) is 9.01. The van der Waals surface area contributed by atoms with Crippen LogP contribution in [0.4, 0.5) is 10.5 Å². The molecule has 3 aromatic rings. The molecular formula is C29H37N5O5. The first-order valence-electron chi connectivity index (χ1n) is 13.8. The number of aryl methyl sites for hydroxylation is 3. The SMILES string of the molecule is COC(=O)N1c2ccc3c(nc(CCn4ccccc4=O)n3CC(=O)N[C@H]3CC[C@H](CO)CC3)c2CC[C@@H]1C. The number of amides is 2. The molecule has 10 heteroatoms. The van der Waals surface area contributed by atoms with Gasteiger partial charge in [-0.15, -0.1) is 0 Å². The number of nitrogens with one attached hydrogen (secondary N) is 1. The third-order valence-corrected chi connectivity index (χ3v) is 8.21. The third-order valence-electron chi connectivity index (χ3n) is 8.21. The van der Waals surface area contributed by atoms with E-state index in [0.29, 0.717) is 18.9 Å². The van der Waals surface area contributed by atoms with Gasteiger partial charge in [0.05, 0.1) is 23.8 Å². The second-order valence-corrected chi connectivity index (χ2v) is 10.7. The van der Waals surface area contributed by atoms with Crippen molar-refractivity contribution in [3.05, 3.63) is 58.3 Å². The molecule has 1 saturated carbocycles. The Kier molecular flexibility index (Phi) is 8.02. The molecule has 1 atom stereocenters. The molecule has 5 rings (SSSR count). The molecule has 2 aromatic heterocycles. The van der Waals surface area contributed by atoms with E-state index in [0.717, 1.165) is 66.6 Å². The summed E-state index contributed by atoms with van der Waals surface area (Å²) in [5.74, 6) is 0.959. The van der Waals surface area contributed by atoms with Crippen LogP contribution in [0.2, 0.25) is 0 Å². The fourth-order valence-corrected chi connectivity index (χ4v) is 5.99. The molecule has 0 bridgehead atoms. The van der Waals surface area contributed by atoms with Crippen molar-refractivity contribution in [1.29, 1.82) is 0 Å². The average Bonchev–Trinajstić information content (AvgIpc) is 3.29. The maximum Gasteiger partial charge on any atom is 0.414 e. The molecule has 39 heavy (non-hydrogen) atoms. The minimum Gasteiger partial charge on any atom is -0.452 e. The number of ether oxygens (including phenoxy) is 1. The number of nitrogens with zero attached hydrogens (tertiary/aromatic N) is 4. The minimum atomic E-state index is -0.402. The lowest BCUT2D eigenvalue weighted by atomic mass is 9.86. The minimum absolute atomic E-state index is 0.000568. The van der Waals surface area contributed by atoms with Gasteiger partial charge in [-0.25, -0.2) is 9.78 Å². The highest BCUT2D eigenvalue weighted by molar-refractivity contribution is 5.95. The summed E-state index contributed by atoms with van der Waals surface area (Å²) >= 11 is 0. The summed E-state index contributed by atoms with van der Waals surface area (Å²) < 4.78 is 8.64. The predicted octanol–water partition coefficient (Wildman–Crippen LogP) is 3.02. The van der Waals surface area contributed by atoms with Crippen LogP contribution in [-0.4, -0.2) is 57.0 Å². The largest absolute Gasteiger partial charge is 0.452 e. The summed E-state index contributed by atoms with van der Waals surface area (Å²) in [6.07, 6.45) is 6.90. The quantitative estimate of drug-likeness (QED) is 0.480. The molecule has 2 N–H and O–H groups in total. The lowest BCUT2D eigenvalue weighted by molar-refractivity contribution is -0.122. The smallest absolute Gasteiger partial charge is 0.414 e. The Bertz CT molecular complexity index is 1400. The van der Waals surface area contributed by atoms with Crippen molar-refractivity contribution < 1.29 is 19.4 Å². The second kappa shape index (κ2) is 11.6. The van der Waals surface area contributed by atoms with Crippen LogP contribution in [0.25, 0.3) is 11.0 Å². The zero-order chi connectivity index (χ0) is 27.5. The summed E-state index contributed by atoms with van der Waals surface area (Å²) in [4.78, 5) is 44.8. The molecule has 0 saturated heterocycles. The van der Waals surface area contributed by atoms with Crippen LogP contribution in [0.1, 0.15) is 50.4 Å². The second-order valence-electron chi connectivity index (χ2n) is 10.7. The molecule has 1 aliphatic heterocycles. The van der Waals surface area contributed by atoms with Gasteiger partial charge in [0.15, 0.2) is 0 Å². The Balaban J connectivity index is 1.47. The zero-order valence-corrected chi connectivity index (χ0v) is 22.6. The normalized spacial score (nSPS) is 21.0. The van der Waals surface area contributed by atoms with Crippen molar-refractivity contribution in [2.75, 3.05) is 18.6 Å². The summed E-state index contributed by atoms with van der Waals surface area (Å²) in [6.45, 7) is 2.75. The number of aliphatic hydroxyl groups excluding tert-OH is 1. The Labute approximate surface area is 227 Å². The number of fused-ring (bicyclic) bond motifs is 3. The molecule has 1 fully saturated rings. The summed E-state index contributed by atoms with van der Waals surface area (Å²) in [5, 5.41) is 12.6. The number of rotatable bonds is 7. The lowest BCUT2D eigenvalue weighted by Gasteiger charge is -2.34. The van der Waals surface area contributed by atoms with Crippen LogP contribution >= 0.6 is 0 Å². The van der Waals surface area contributed by atoms with Gasteiger partial charge in [-0.2, -0.15) is 0 Å². The first kappa shape index (κ1) is 26.9. The van der Waals surface area contributed by atoms with Crippen molar-refractivity contribution in [2.24, 2.45) is 5.92 Å². The monoisotopic (exact) mass is 535 g/mol. The van der Waals surface area contributed by atoms with E-state index < -0.39 is 6.09 Å². The molecule has 0 unspecified atom stereocenters. The number of benzene rings is 1. The van der Waals surface area contributed by atoms with Gasteiger partial charge in [-0.3, -0.25) is 14.5 Å². The Morgan fingerprint density at radius 2 is 1.92 bits per heavy atom. The van der Waals surface area contributed by atoms with E-state index in [-0.39, 0.29) is 36.7 Å². The highest BCUT2D eigenvalue weighted by Crippen LogP contribution is 2.36. The number of pyridine rings is 1. The summed E-state index contributed by atoms with van der Waals surface area (Å²) in [5.41, 5.74) is 3.28. The maximum atomic E-state index is 13.2. The van der Waals surface area contributed by atoms with Crippen LogP contribution < -0.4 is 15.8 Å². The van der Waals surface area contributed by atoms with Gasteiger partial charge in [0, 0.05) is 49.5 Å². The third kappa shape index (κ3) is 5.56. The molecule has 208 valence electrons. The number of hydrogen-bond acceptors (Lipinski definition) is 6. The van der Waals surface area contributed by atoms with E-state index in [1.807, 2.05) is 29.7 Å². The van der Waals surface area contributed by atoms with Gasteiger partial charge in [0.25, 0.3) is 5.56 Å². The fraction of sp³-hybridized carbons (Fsp3) is 0.517. The van der Waals surface area contributed by atoms with Crippen LogP contribution in [0.15, 0.2) is 41.3 Å². The van der Waals surface area contributed by atoms with E-state index in [9.17, 15) is 19.5 Å². The van der Waals surface area contributed by atoms with Crippen LogP contribution in [0.5, 0.6) is 0 Å². The lowest BCUT2D eigenvalue weighted by Crippen LogP contribution is -2.42. The number of aliphatic hydroxyl groups is 1. The van der Waals surface area contributed by atoms with E-state index >= 15 is 0 Å². The molecule has 2 aliphatic rings. The molecule has 1 aromatic carbocycles. The standard InChI is InChI=1S/C29H37N5O5/c1-19-6-11-22-23(34(19)29(38)39-2)12-13-24-28(22)31-25(14-16-32-15-4-3-5-27(32)37)33(24)17-26(36)30-21-9-7-20(18-35)8-10-21/h3-5,12-13,15,19-21,35H,6-11,14,16-18H2,1-2H3,(H,30,36)/t19-,20-,21-/m0/s1. The van der Waals surface area contributed by atoms with Gasteiger partial charge < -0.3 is 24.3 Å². The predicted molar refractivity (Wildman–Crippen MR) is 148 cm³/mol. The van der Waals surface area contributed by atoms with Gasteiger partial charge in [0.1, 0.15) is 12.4 Å². The van der Waals surface area contributed by atoms with Gasteiger partial charge in [-0.05, 0) is 69.6 Å². The van der Waals surface area contributed by atoms with Crippen LogP contribution in [0, 0.1) is 5.92 Å². The molecular weight excluding hydrogens is 498 g/mol. The number of anilines is 1. The number of imidazole rings is 1. The number of methoxy groups -OCH3 is 1. The van der Waals surface area contributed by atoms with E-state index in [2.05, 4.69) is 5.32 Å². The molecule has 0 radical (unpaired) electrons. The van der Waals surface area contributed by atoms with Crippen LogP contribution in [-0.2, 0) is 35.5 Å². The number of aromatic nitrogens is 3. The Morgan fingerprint density at radius 3 is 2.64 bits per heavy atom. The Morgan fingerprint density at radius 1 is 1.13 bits per heavy atom. The van der Waals surface area contributed by atoms with Crippen molar-refractivity contribution >= 4 is 28.7 Å². The highest BCUT2D eigenvalue weighted by atomic mass is 16.5. The van der Waals surface area contributed by atoms with Crippen molar-refractivity contribution in [3.63, 3.8) is 0 Å². The van der Waals surface area contributed by atoms with Crippen molar-refractivity contribution in [1.82, 2.24) is 19.4 Å². The van der Waals surface area contributed by atoms with Crippen molar-refractivity contribution in [2.45, 2.75) is 77.0 Å². The van der Waals surface area contributed by atoms with E-state index in [1.54, 1.807) is 21.7 Å². The maximum absolute atomic E-state index is 13.2. The van der Waals surface area contributed by atoms with Gasteiger partial charge in [-0.1, -0.05) is 6.07 Å². The Hall–Kier alpha value is -3.66. The molecule has 1 aliphatic carbocycles. The highest BCUT2D eigenvalue weighted by Gasteiger charge is 2.32. The van der Waals surface area contributed by atoms with Gasteiger partial charge >= 0.3 is 6.09 Å². The van der Waals surface area contributed by atoms with Crippen molar-refractivity contribution in [3.8, 4) is 0 Å². The topological polar surface area (TPSA) is 119 Å². The molecule has 2 amide bonds. The van der Waals surface area contributed by atoms with Gasteiger partial charge in [0.2, 0.25) is 5.91 Å². The number of carbonyl (C=O) groups is 2. The zero-order valence-electron chi connectivity index (χ0n) is 22.6. The number of hydrogen-bond donors (Lipinski definition) is 2. The average molecular weight is 536 g/mol. The molecule has 3 heterocycles.